The van der Waals surface area contributed by atoms with Gasteiger partial charge in [-0.3, -0.25) is 9.80 Å². The number of aliphatic hydroxyl groups excluding tert-OH is 1. The summed E-state index contributed by atoms with van der Waals surface area (Å²) in [6, 6.07) is 19.2. The summed E-state index contributed by atoms with van der Waals surface area (Å²) in [7, 11) is 1.71. The van der Waals surface area contributed by atoms with Crippen LogP contribution in [0.1, 0.15) is 24.0 Å². The molecule has 0 aromatic heterocycles. The molecule has 1 N–H and O–H groups in total. The smallest absolute Gasteiger partial charge is 0.126 e. The summed E-state index contributed by atoms with van der Waals surface area (Å²) in [5.74, 6) is 0.908. The number of para-hydroxylation sites is 1. The molecule has 1 atom stereocenters. The van der Waals surface area contributed by atoms with E-state index in [9.17, 15) is 5.11 Å². The number of hydrogen-bond acceptors (Lipinski definition) is 4. The Bertz CT molecular complexity index is 747. The number of hydrogen-bond donors (Lipinski definition) is 1. The van der Waals surface area contributed by atoms with Gasteiger partial charge in [-0.15, -0.1) is 0 Å². The van der Waals surface area contributed by atoms with Gasteiger partial charge in [0.25, 0.3) is 0 Å². The highest BCUT2D eigenvalue weighted by Gasteiger charge is 2.25. The predicted octanol–water partition coefficient (Wildman–Crippen LogP) is 3.71. The lowest BCUT2D eigenvalue weighted by Gasteiger charge is -2.41. The Morgan fingerprint density at radius 3 is 2.66 bits per heavy atom. The molecule has 0 amide bonds. The maximum absolute atomic E-state index is 9.54. The fourth-order valence-corrected chi connectivity index (χ4v) is 4.10. The molecule has 0 radical (unpaired) electrons. The molecule has 0 spiro atoms. The van der Waals surface area contributed by atoms with E-state index in [0.717, 1.165) is 56.9 Å². The normalized spacial score (nSPS) is 18.3. The highest BCUT2D eigenvalue weighted by atomic mass is 16.5. The highest BCUT2D eigenvalue weighted by molar-refractivity contribution is 5.57. The van der Waals surface area contributed by atoms with E-state index in [1.54, 1.807) is 7.11 Å². The molecule has 0 bridgehead atoms. The monoisotopic (exact) mass is 394 g/mol. The second-order valence-electron chi connectivity index (χ2n) is 7.70. The topological polar surface area (TPSA) is 35.9 Å². The number of piperazine rings is 1. The molecule has 156 valence electrons. The quantitative estimate of drug-likeness (QED) is 0.666. The molecule has 1 heterocycles. The first-order valence-corrected chi connectivity index (χ1v) is 10.7. The Labute approximate surface area is 175 Å². The summed E-state index contributed by atoms with van der Waals surface area (Å²) >= 11 is 0. The summed E-state index contributed by atoms with van der Waals surface area (Å²) in [6.07, 6.45) is 7.50. The lowest BCUT2D eigenvalue weighted by Crippen LogP contribution is -2.53. The van der Waals surface area contributed by atoms with Crippen LogP contribution < -0.4 is 4.74 Å². The van der Waals surface area contributed by atoms with Gasteiger partial charge < -0.3 is 9.84 Å². The molecule has 1 aliphatic heterocycles. The van der Waals surface area contributed by atoms with E-state index in [2.05, 4.69) is 58.4 Å². The molecular formula is C25H34N2O2. The summed E-state index contributed by atoms with van der Waals surface area (Å²) in [5, 5.41) is 9.54. The van der Waals surface area contributed by atoms with Crippen molar-refractivity contribution in [1.29, 1.82) is 0 Å². The van der Waals surface area contributed by atoms with Gasteiger partial charge in [0.15, 0.2) is 0 Å². The Kier molecular flexibility index (Phi) is 8.75. The fourth-order valence-electron chi connectivity index (χ4n) is 4.10. The third-order valence-corrected chi connectivity index (χ3v) is 5.70. The number of rotatable bonds is 10. The SMILES string of the molecule is COc1ccccc1C=CCN1CCN(CCCc2ccccc2)C(CCO)C1. The maximum Gasteiger partial charge on any atom is 0.126 e. The van der Waals surface area contributed by atoms with E-state index >= 15 is 0 Å². The third-order valence-electron chi connectivity index (χ3n) is 5.70. The first-order chi connectivity index (χ1) is 14.3. The van der Waals surface area contributed by atoms with Crippen molar-refractivity contribution in [2.75, 3.05) is 46.4 Å². The minimum absolute atomic E-state index is 0.255. The van der Waals surface area contributed by atoms with Crippen LogP contribution in [0.15, 0.2) is 60.7 Å². The zero-order valence-corrected chi connectivity index (χ0v) is 17.5. The number of aliphatic hydroxyl groups is 1. The Morgan fingerprint density at radius 2 is 1.86 bits per heavy atom. The lowest BCUT2D eigenvalue weighted by atomic mass is 10.1. The van der Waals surface area contributed by atoms with Crippen LogP contribution in [0.25, 0.3) is 6.08 Å². The van der Waals surface area contributed by atoms with E-state index in [1.807, 2.05) is 18.2 Å². The second kappa shape index (κ2) is 11.8. The summed E-state index contributed by atoms with van der Waals surface area (Å²) < 4.78 is 5.42. The Morgan fingerprint density at radius 1 is 1.07 bits per heavy atom. The van der Waals surface area contributed by atoms with Gasteiger partial charge in [0.05, 0.1) is 7.11 Å². The minimum Gasteiger partial charge on any atom is -0.496 e. The van der Waals surface area contributed by atoms with Crippen molar-refractivity contribution in [3.8, 4) is 5.75 Å². The van der Waals surface area contributed by atoms with Gasteiger partial charge in [0.2, 0.25) is 0 Å². The van der Waals surface area contributed by atoms with Crippen LogP contribution >= 0.6 is 0 Å². The van der Waals surface area contributed by atoms with Crippen LogP contribution in [0.4, 0.5) is 0 Å². The van der Waals surface area contributed by atoms with E-state index < -0.39 is 0 Å². The molecule has 4 nitrogen and oxygen atoms in total. The van der Waals surface area contributed by atoms with Crippen molar-refractivity contribution >= 4 is 6.08 Å². The van der Waals surface area contributed by atoms with Crippen molar-refractivity contribution in [2.45, 2.75) is 25.3 Å². The van der Waals surface area contributed by atoms with Crippen molar-refractivity contribution in [1.82, 2.24) is 9.80 Å². The van der Waals surface area contributed by atoms with Crippen LogP contribution in [0, 0.1) is 0 Å². The van der Waals surface area contributed by atoms with Gasteiger partial charge in [-0.05, 0) is 37.4 Å². The lowest BCUT2D eigenvalue weighted by molar-refractivity contribution is 0.0646. The minimum atomic E-state index is 0.255. The summed E-state index contributed by atoms with van der Waals surface area (Å²) in [5.41, 5.74) is 2.52. The van der Waals surface area contributed by atoms with Crippen LogP contribution in [-0.4, -0.2) is 67.4 Å². The molecule has 1 fully saturated rings. The highest BCUT2D eigenvalue weighted by Crippen LogP contribution is 2.19. The predicted molar refractivity (Wildman–Crippen MR) is 120 cm³/mol. The number of benzene rings is 2. The molecule has 1 unspecified atom stereocenters. The Balaban J connectivity index is 1.48. The van der Waals surface area contributed by atoms with Gasteiger partial charge in [-0.25, -0.2) is 0 Å². The average Bonchev–Trinajstić information content (AvgIpc) is 2.76. The third kappa shape index (κ3) is 6.70. The number of nitrogens with zero attached hydrogens (tertiary/aromatic N) is 2. The molecule has 0 aliphatic carbocycles. The molecule has 2 aromatic rings. The van der Waals surface area contributed by atoms with Crippen molar-refractivity contribution < 1.29 is 9.84 Å². The molecule has 29 heavy (non-hydrogen) atoms. The van der Waals surface area contributed by atoms with Gasteiger partial charge in [-0.1, -0.05) is 60.7 Å². The molecule has 1 aliphatic rings. The first kappa shape index (κ1) is 21.6. The summed E-state index contributed by atoms with van der Waals surface area (Å²) in [4.78, 5) is 5.06. The molecule has 2 aromatic carbocycles. The zero-order chi connectivity index (χ0) is 20.3. The fraction of sp³-hybridized carbons (Fsp3) is 0.440. The average molecular weight is 395 g/mol. The van der Waals surface area contributed by atoms with Gasteiger partial charge in [0.1, 0.15) is 5.75 Å². The van der Waals surface area contributed by atoms with Crippen LogP contribution in [-0.2, 0) is 6.42 Å². The molecule has 4 heteroatoms. The van der Waals surface area contributed by atoms with Crippen LogP contribution in [0.2, 0.25) is 0 Å². The van der Waals surface area contributed by atoms with E-state index in [-0.39, 0.29) is 6.61 Å². The molecule has 3 rings (SSSR count). The summed E-state index contributed by atoms with van der Waals surface area (Å²) in [6.45, 7) is 5.45. The van der Waals surface area contributed by atoms with Crippen molar-refractivity contribution in [2.24, 2.45) is 0 Å². The van der Waals surface area contributed by atoms with E-state index in [1.165, 1.54) is 12.0 Å². The molecular weight excluding hydrogens is 360 g/mol. The Hall–Kier alpha value is -2.14. The zero-order valence-electron chi connectivity index (χ0n) is 17.5. The second-order valence-corrected chi connectivity index (χ2v) is 7.70. The number of methoxy groups -OCH3 is 1. The van der Waals surface area contributed by atoms with Crippen LogP contribution in [0.3, 0.4) is 0 Å². The molecule has 1 saturated heterocycles. The van der Waals surface area contributed by atoms with E-state index in [4.69, 9.17) is 4.74 Å². The number of aryl methyl sites for hydroxylation is 1. The largest absolute Gasteiger partial charge is 0.496 e. The van der Waals surface area contributed by atoms with Crippen LogP contribution in [0.5, 0.6) is 5.75 Å². The molecule has 0 saturated carbocycles. The van der Waals surface area contributed by atoms with Gasteiger partial charge >= 0.3 is 0 Å². The van der Waals surface area contributed by atoms with Crippen molar-refractivity contribution in [3.63, 3.8) is 0 Å². The first-order valence-electron chi connectivity index (χ1n) is 10.7. The number of ether oxygens (including phenoxy) is 1. The maximum atomic E-state index is 9.54. The van der Waals surface area contributed by atoms with E-state index in [0.29, 0.717) is 6.04 Å². The van der Waals surface area contributed by atoms with Crippen molar-refractivity contribution in [3.05, 3.63) is 71.8 Å². The standard InChI is InChI=1S/C25H34N2O2/c1-29-25-14-6-5-12-23(25)13-8-16-26-18-19-27(24(21-26)15-20-28)17-7-11-22-9-3-2-4-10-22/h2-6,8-10,12-14,24,28H,7,11,15-21H2,1H3. The van der Waals surface area contributed by atoms with Gasteiger partial charge in [0, 0.05) is 44.4 Å². The van der Waals surface area contributed by atoms with Gasteiger partial charge in [-0.2, -0.15) is 0 Å².